The Morgan fingerprint density at radius 2 is 2.28 bits per heavy atom. The largest absolute Gasteiger partial charge is 0.311 e. The van der Waals surface area contributed by atoms with Crippen molar-refractivity contribution in [1.29, 1.82) is 0 Å². The lowest BCUT2D eigenvalue weighted by Crippen LogP contribution is -2.54. The van der Waals surface area contributed by atoms with E-state index in [0.29, 0.717) is 12.1 Å². The molecule has 1 saturated heterocycles. The van der Waals surface area contributed by atoms with E-state index in [2.05, 4.69) is 42.3 Å². The van der Waals surface area contributed by atoms with Crippen LogP contribution in [0.1, 0.15) is 39.2 Å². The standard InChI is InChI=1S/C14H26N4/c1-4-6-14-8-15-12(3)9-17(14)10-13-7-16-18(5-2)11-13/h7,11-12,14-15H,4-6,8-10H2,1-3H3. The van der Waals surface area contributed by atoms with Gasteiger partial charge < -0.3 is 5.32 Å². The van der Waals surface area contributed by atoms with E-state index < -0.39 is 0 Å². The number of piperazine rings is 1. The Morgan fingerprint density at radius 3 is 2.94 bits per heavy atom. The summed E-state index contributed by atoms with van der Waals surface area (Å²) in [6.07, 6.45) is 6.72. The number of hydrogen-bond donors (Lipinski definition) is 1. The number of aryl methyl sites for hydroxylation is 1. The molecular formula is C14H26N4. The van der Waals surface area contributed by atoms with Crippen molar-refractivity contribution >= 4 is 0 Å². The fourth-order valence-corrected chi connectivity index (χ4v) is 2.74. The number of hydrogen-bond acceptors (Lipinski definition) is 3. The van der Waals surface area contributed by atoms with Gasteiger partial charge in [-0.05, 0) is 20.3 Å². The average Bonchev–Trinajstić information content (AvgIpc) is 2.80. The van der Waals surface area contributed by atoms with Gasteiger partial charge in [-0.1, -0.05) is 13.3 Å². The minimum atomic E-state index is 0.597. The summed E-state index contributed by atoms with van der Waals surface area (Å²) in [5.41, 5.74) is 1.34. The van der Waals surface area contributed by atoms with E-state index in [-0.39, 0.29) is 0 Å². The van der Waals surface area contributed by atoms with Crippen molar-refractivity contribution in [2.45, 2.75) is 58.8 Å². The van der Waals surface area contributed by atoms with Gasteiger partial charge in [0.2, 0.25) is 0 Å². The van der Waals surface area contributed by atoms with Crippen LogP contribution >= 0.6 is 0 Å². The molecular weight excluding hydrogens is 224 g/mol. The molecule has 0 radical (unpaired) electrons. The van der Waals surface area contributed by atoms with Gasteiger partial charge >= 0.3 is 0 Å². The number of nitrogens with zero attached hydrogens (tertiary/aromatic N) is 3. The summed E-state index contributed by atoms with van der Waals surface area (Å²) in [4.78, 5) is 2.61. The molecule has 1 fully saturated rings. The highest BCUT2D eigenvalue weighted by Crippen LogP contribution is 2.15. The van der Waals surface area contributed by atoms with Crippen molar-refractivity contribution in [3.8, 4) is 0 Å². The fraction of sp³-hybridized carbons (Fsp3) is 0.786. The maximum absolute atomic E-state index is 4.36. The molecule has 0 saturated carbocycles. The highest BCUT2D eigenvalue weighted by Gasteiger charge is 2.25. The zero-order chi connectivity index (χ0) is 13.0. The summed E-state index contributed by atoms with van der Waals surface area (Å²) in [5, 5.41) is 7.95. The van der Waals surface area contributed by atoms with Gasteiger partial charge in [-0.15, -0.1) is 0 Å². The molecule has 1 N–H and O–H groups in total. The van der Waals surface area contributed by atoms with Crippen LogP contribution in [0.25, 0.3) is 0 Å². The van der Waals surface area contributed by atoms with E-state index in [1.165, 1.54) is 18.4 Å². The Kier molecular flexibility index (Phi) is 4.78. The highest BCUT2D eigenvalue weighted by atomic mass is 15.3. The van der Waals surface area contributed by atoms with E-state index >= 15 is 0 Å². The zero-order valence-corrected chi connectivity index (χ0v) is 11.9. The lowest BCUT2D eigenvalue weighted by atomic mass is 10.0. The van der Waals surface area contributed by atoms with Crippen LogP contribution in [-0.2, 0) is 13.1 Å². The minimum Gasteiger partial charge on any atom is -0.311 e. The average molecular weight is 250 g/mol. The molecule has 0 aromatic carbocycles. The van der Waals surface area contributed by atoms with Crippen LogP contribution in [0.2, 0.25) is 0 Å². The first-order chi connectivity index (χ1) is 8.72. The normalized spacial score (nSPS) is 25.5. The molecule has 1 aromatic heterocycles. The molecule has 1 aliphatic heterocycles. The molecule has 2 rings (SSSR count). The summed E-state index contributed by atoms with van der Waals surface area (Å²) in [6, 6.07) is 1.27. The van der Waals surface area contributed by atoms with Crippen molar-refractivity contribution in [2.24, 2.45) is 0 Å². The third kappa shape index (κ3) is 3.33. The van der Waals surface area contributed by atoms with Gasteiger partial charge in [-0.3, -0.25) is 9.58 Å². The van der Waals surface area contributed by atoms with Gasteiger partial charge in [0.05, 0.1) is 6.20 Å². The van der Waals surface area contributed by atoms with Gasteiger partial charge in [-0.2, -0.15) is 5.10 Å². The van der Waals surface area contributed by atoms with E-state index in [9.17, 15) is 0 Å². The van der Waals surface area contributed by atoms with Crippen LogP contribution in [-0.4, -0.2) is 39.9 Å². The second kappa shape index (κ2) is 6.34. The predicted molar refractivity (Wildman–Crippen MR) is 74.5 cm³/mol. The summed E-state index contributed by atoms with van der Waals surface area (Å²) < 4.78 is 2.01. The topological polar surface area (TPSA) is 33.1 Å². The van der Waals surface area contributed by atoms with Crippen LogP contribution in [0.3, 0.4) is 0 Å². The molecule has 0 amide bonds. The van der Waals surface area contributed by atoms with E-state index in [1.807, 2.05) is 10.9 Å². The second-order valence-corrected chi connectivity index (χ2v) is 5.39. The third-order valence-corrected chi connectivity index (χ3v) is 3.74. The quantitative estimate of drug-likeness (QED) is 0.866. The van der Waals surface area contributed by atoms with Crippen molar-refractivity contribution in [3.05, 3.63) is 18.0 Å². The smallest absolute Gasteiger partial charge is 0.0534 e. The maximum Gasteiger partial charge on any atom is 0.0534 e. The number of aromatic nitrogens is 2. The van der Waals surface area contributed by atoms with Crippen molar-refractivity contribution < 1.29 is 0 Å². The Hall–Kier alpha value is -0.870. The Balaban J connectivity index is 1.99. The summed E-state index contributed by atoms with van der Waals surface area (Å²) in [5.74, 6) is 0. The SMILES string of the molecule is CCCC1CNC(C)CN1Cc1cnn(CC)c1. The molecule has 2 atom stereocenters. The first kappa shape index (κ1) is 13.6. The maximum atomic E-state index is 4.36. The molecule has 18 heavy (non-hydrogen) atoms. The molecule has 102 valence electrons. The lowest BCUT2D eigenvalue weighted by Gasteiger charge is -2.39. The summed E-state index contributed by atoms with van der Waals surface area (Å²) in [6.45, 7) is 10.9. The number of rotatable bonds is 5. The minimum absolute atomic E-state index is 0.597. The molecule has 1 aliphatic rings. The first-order valence-electron chi connectivity index (χ1n) is 7.21. The zero-order valence-electron chi connectivity index (χ0n) is 11.9. The fourth-order valence-electron chi connectivity index (χ4n) is 2.74. The first-order valence-corrected chi connectivity index (χ1v) is 7.21. The van der Waals surface area contributed by atoms with E-state index in [4.69, 9.17) is 0 Å². The van der Waals surface area contributed by atoms with Crippen LogP contribution in [0.5, 0.6) is 0 Å². The van der Waals surface area contributed by atoms with Gasteiger partial charge in [0.25, 0.3) is 0 Å². The molecule has 1 aromatic rings. The van der Waals surface area contributed by atoms with Crippen LogP contribution in [0.4, 0.5) is 0 Å². The molecule has 0 bridgehead atoms. The Bertz CT molecular complexity index is 360. The van der Waals surface area contributed by atoms with Gasteiger partial charge in [0, 0.05) is 50.0 Å². The van der Waals surface area contributed by atoms with Crippen LogP contribution < -0.4 is 5.32 Å². The third-order valence-electron chi connectivity index (χ3n) is 3.74. The van der Waals surface area contributed by atoms with Crippen molar-refractivity contribution in [1.82, 2.24) is 20.0 Å². The predicted octanol–water partition coefficient (Wildman–Crippen LogP) is 1.87. The number of nitrogens with one attached hydrogen (secondary N) is 1. The molecule has 4 nitrogen and oxygen atoms in total. The Morgan fingerprint density at radius 1 is 1.44 bits per heavy atom. The van der Waals surface area contributed by atoms with Gasteiger partial charge in [0.15, 0.2) is 0 Å². The van der Waals surface area contributed by atoms with Gasteiger partial charge in [0.1, 0.15) is 0 Å². The highest BCUT2D eigenvalue weighted by molar-refractivity contribution is 5.04. The monoisotopic (exact) mass is 250 g/mol. The summed E-state index contributed by atoms with van der Waals surface area (Å²) >= 11 is 0. The van der Waals surface area contributed by atoms with Crippen molar-refractivity contribution in [3.63, 3.8) is 0 Å². The van der Waals surface area contributed by atoms with Crippen molar-refractivity contribution in [2.75, 3.05) is 13.1 Å². The van der Waals surface area contributed by atoms with Crippen LogP contribution in [0, 0.1) is 0 Å². The van der Waals surface area contributed by atoms with Gasteiger partial charge in [-0.25, -0.2) is 0 Å². The molecule has 2 unspecified atom stereocenters. The second-order valence-electron chi connectivity index (χ2n) is 5.39. The Labute approximate surface area is 110 Å². The molecule has 0 spiro atoms. The van der Waals surface area contributed by atoms with E-state index in [1.54, 1.807) is 0 Å². The lowest BCUT2D eigenvalue weighted by molar-refractivity contribution is 0.120. The molecule has 2 heterocycles. The van der Waals surface area contributed by atoms with E-state index in [0.717, 1.165) is 26.2 Å². The molecule has 4 heteroatoms. The molecule has 0 aliphatic carbocycles. The van der Waals surface area contributed by atoms with Crippen LogP contribution in [0.15, 0.2) is 12.4 Å². The summed E-state index contributed by atoms with van der Waals surface area (Å²) in [7, 11) is 0.